The van der Waals surface area contributed by atoms with E-state index in [-0.39, 0.29) is 5.41 Å². The number of hydrogen-bond acceptors (Lipinski definition) is 0. The molecule has 0 nitrogen and oxygen atoms in total. The van der Waals surface area contributed by atoms with Crippen LogP contribution in [0.3, 0.4) is 0 Å². The highest BCUT2D eigenvalue weighted by molar-refractivity contribution is 5.70. The van der Waals surface area contributed by atoms with Gasteiger partial charge >= 0.3 is 0 Å². The first-order valence-electron chi connectivity index (χ1n) is 9.29. The summed E-state index contributed by atoms with van der Waals surface area (Å²) in [6, 6.07) is 30.7. The zero-order chi connectivity index (χ0) is 17.9. The van der Waals surface area contributed by atoms with Crippen LogP contribution in [-0.4, -0.2) is 0 Å². The fourth-order valence-electron chi connectivity index (χ4n) is 4.54. The van der Waals surface area contributed by atoms with Crippen LogP contribution >= 0.6 is 0 Å². The summed E-state index contributed by atoms with van der Waals surface area (Å²) in [6.45, 7) is 9.42. The van der Waals surface area contributed by atoms with Crippen LogP contribution in [0, 0.1) is 11.8 Å². The van der Waals surface area contributed by atoms with E-state index >= 15 is 0 Å². The van der Waals surface area contributed by atoms with Crippen LogP contribution < -0.4 is 0 Å². The van der Waals surface area contributed by atoms with E-state index in [9.17, 15) is 0 Å². The number of hydrogen-bond donors (Lipinski definition) is 0. The predicted molar refractivity (Wildman–Crippen MR) is 109 cm³/mol. The topological polar surface area (TPSA) is 0 Å². The Morgan fingerprint density at radius 2 is 1.04 bits per heavy atom. The predicted octanol–water partition coefficient (Wildman–Crippen LogP) is 6.95. The second-order valence-corrected chi connectivity index (χ2v) is 7.46. The van der Waals surface area contributed by atoms with Gasteiger partial charge in [0.15, 0.2) is 0 Å². The highest BCUT2D eigenvalue weighted by Crippen LogP contribution is 2.48. The molecular formula is C25H28. The van der Waals surface area contributed by atoms with Crippen molar-refractivity contribution in [3.63, 3.8) is 0 Å². The lowest BCUT2D eigenvalue weighted by Gasteiger charge is -2.44. The van der Waals surface area contributed by atoms with Crippen molar-refractivity contribution in [3.8, 4) is 11.1 Å². The summed E-state index contributed by atoms with van der Waals surface area (Å²) in [4.78, 5) is 0. The molecule has 3 rings (SSSR count). The maximum Gasteiger partial charge on any atom is 0.0254 e. The van der Waals surface area contributed by atoms with Gasteiger partial charge in [0.05, 0.1) is 0 Å². The van der Waals surface area contributed by atoms with Crippen LogP contribution in [0.1, 0.15) is 38.8 Å². The third-order valence-corrected chi connectivity index (χ3v) is 5.53. The van der Waals surface area contributed by atoms with E-state index in [1.54, 1.807) is 0 Å². The average molecular weight is 328 g/mol. The van der Waals surface area contributed by atoms with Gasteiger partial charge in [-0.1, -0.05) is 113 Å². The molecule has 0 radical (unpaired) electrons. The summed E-state index contributed by atoms with van der Waals surface area (Å²) in [5.74, 6) is 0.972. The quantitative estimate of drug-likeness (QED) is 0.475. The average Bonchev–Trinajstić information content (AvgIpc) is 2.64. The second-order valence-electron chi connectivity index (χ2n) is 7.46. The Bertz CT molecular complexity index is 790. The molecule has 0 N–H and O–H groups in total. The molecule has 0 atom stereocenters. The van der Waals surface area contributed by atoms with Gasteiger partial charge in [-0.2, -0.15) is 0 Å². The summed E-state index contributed by atoms with van der Waals surface area (Å²) < 4.78 is 0. The first-order valence-corrected chi connectivity index (χ1v) is 9.29. The molecule has 0 bridgehead atoms. The molecule has 128 valence electrons. The Balaban J connectivity index is 2.33. The van der Waals surface area contributed by atoms with Crippen LogP contribution in [0.4, 0.5) is 0 Å². The first-order chi connectivity index (χ1) is 12.1. The molecule has 0 fully saturated rings. The third-order valence-electron chi connectivity index (χ3n) is 5.53. The maximum atomic E-state index is 2.36. The molecule has 3 aromatic carbocycles. The van der Waals surface area contributed by atoms with Crippen molar-refractivity contribution in [2.45, 2.75) is 33.1 Å². The van der Waals surface area contributed by atoms with Crippen molar-refractivity contribution in [1.82, 2.24) is 0 Å². The third kappa shape index (κ3) is 3.02. The SMILES string of the molecule is CC(C)C(c1ccccc1)(c1ccccc1-c1ccccc1)C(C)C. The monoisotopic (exact) mass is 328 g/mol. The Labute approximate surface area is 152 Å². The van der Waals surface area contributed by atoms with Crippen molar-refractivity contribution in [2.75, 3.05) is 0 Å². The fourth-order valence-corrected chi connectivity index (χ4v) is 4.54. The summed E-state index contributed by atoms with van der Waals surface area (Å²) >= 11 is 0. The van der Waals surface area contributed by atoms with Crippen LogP contribution in [0.2, 0.25) is 0 Å². The summed E-state index contributed by atoms with van der Waals surface area (Å²) in [5.41, 5.74) is 5.45. The van der Waals surface area contributed by atoms with Crippen LogP contribution in [0.15, 0.2) is 84.9 Å². The number of benzene rings is 3. The lowest BCUT2D eigenvalue weighted by molar-refractivity contribution is 0.274. The van der Waals surface area contributed by atoms with Crippen molar-refractivity contribution < 1.29 is 0 Å². The highest BCUT2D eigenvalue weighted by atomic mass is 14.4. The Hall–Kier alpha value is -2.34. The highest BCUT2D eigenvalue weighted by Gasteiger charge is 2.41. The molecule has 0 saturated carbocycles. The van der Waals surface area contributed by atoms with Gasteiger partial charge in [-0.05, 0) is 34.1 Å². The largest absolute Gasteiger partial charge is 0.0622 e. The van der Waals surface area contributed by atoms with Crippen molar-refractivity contribution >= 4 is 0 Å². The molecular weight excluding hydrogens is 300 g/mol. The van der Waals surface area contributed by atoms with Gasteiger partial charge in [0.25, 0.3) is 0 Å². The molecule has 0 saturated heterocycles. The summed E-state index contributed by atoms with van der Waals surface area (Å²) in [6.07, 6.45) is 0. The van der Waals surface area contributed by atoms with Gasteiger partial charge in [0, 0.05) is 5.41 Å². The molecule has 0 heteroatoms. The maximum absolute atomic E-state index is 2.36. The molecule has 0 heterocycles. The van der Waals surface area contributed by atoms with Crippen molar-refractivity contribution in [1.29, 1.82) is 0 Å². The van der Waals surface area contributed by atoms with Crippen LogP contribution in [0.25, 0.3) is 11.1 Å². The van der Waals surface area contributed by atoms with E-state index < -0.39 is 0 Å². The van der Waals surface area contributed by atoms with E-state index in [4.69, 9.17) is 0 Å². The molecule has 0 unspecified atom stereocenters. The molecule has 0 amide bonds. The molecule has 0 aliphatic carbocycles. The smallest absolute Gasteiger partial charge is 0.0254 e. The minimum Gasteiger partial charge on any atom is -0.0622 e. The Morgan fingerprint density at radius 3 is 1.60 bits per heavy atom. The molecule has 25 heavy (non-hydrogen) atoms. The van der Waals surface area contributed by atoms with Gasteiger partial charge in [0.2, 0.25) is 0 Å². The molecule has 0 aromatic heterocycles. The van der Waals surface area contributed by atoms with Crippen molar-refractivity contribution in [2.24, 2.45) is 11.8 Å². The number of rotatable bonds is 5. The van der Waals surface area contributed by atoms with E-state index in [0.717, 1.165) is 0 Å². The molecule has 0 aliphatic heterocycles. The zero-order valence-corrected chi connectivity index (χ0v) is 15.7. The zero-order valence-electron chi connectivity index (χ0n) is 15.7. The van der Waals surface area contributed by atoms with Gasteiger partial charge < -0.3 is 0 Å². The standard InChI is InChI=1S/C25H28/c1-19(2)25(20(3)4,22-15-9-6-10-16-22)24-18-12-11-17-23(24)21-13-7-5-8-14-21/h5-20H,1-4H3. The van der Waals surface area contributed by atoms with Gasteiger partial charge in [-0.15, -0.1) is 0 Å². The van der Waals surface area contributed by atoms with Gasteiger partial charge in [0.1, 0.15) is 0 Å². The molecule has 0 spiro atoms. The van der Waals surface area contributed by atoms with E-state index in [1.807, 2.05) is 0 Å². The van der Waals surface area contributed by atoms with Crippen LogP contribution in [-0.2, 0) is 5.41 Å². The van der Waals surface area contributed by atoms with E-state index in [0.29, 0.717) is 11.8 Å². The summed E-state index contributed by atoms with van der Waals surface area (Å²) in [7, 11) is 0. The normalized spacial score (nSPS) is 11.9. The molecule has 0 aliphatic rings. The lowest BCUT2D eigenvalue weighted by Crippen LogP contribution is -2.39. The lowest BCUT2D eigenvalue weighted by atomic mass is 9.59. The molecule has 3 aromatic rings. The second kappa shape index (κ2) is 7.27. The van der Waals surface area contributed by atoms with Crippen molar-refractivity contribution in [3.05, 3.63) is 96.1 Å². The minimum absolute atomic E-state index is 0.0201. The van der Waals surface area contributed by atoms with Gasteiger partial charge in [-0.25, -0.2) is 0 Å². The Kier molecular flexibility index (Phi) is 5.08. The van der Waals surface area contributed by atoms with E-state index in [2.05, 4.69) is 113 Å². The summed E-state index contributed by atoms with van der Waals surface area (Å²) in [5, 5.41) is 0. The first kappa shape index (κ1) is 17.5. The van der Waals surface area contributed by atoms with Gasteiger partial charge in [-0.3, -0.25) is 0 Å². The minimum atomic E-state index is -0.0201. The Morgan fingerprint density at radius 1 is 0.560 bits per heavy atom. The van der Waals surface area contributed by atoms with E-state index in [1.165, 1.54) is 22.3 Å². The fraction of sp³-hybridized carbons (Fsp3) is 0.280. The van der Waals surface area contributed by atoms with Crippen LogP contribution in [0.5, 0.6) is 0 Å².